The van der Waals surface area contributed by atoms with Crippen molar-refractivity contribution in [3.63, 3.8) is 0 Å². The number of benzene rings is 1. The molecule has 1 aromatic rings. The number of anilines is 1. The molecular formula is C12H18N2O2. The summed E-state index contributed by atoms with van der Waals surface area (Å²) in [5, 5.41) is 3.34. The van der Waals surface area contributed by atoms with Crippen LogP contribution in [-0.2, 0) is 0 Å². The Hall–Kier alpha value is -1.42. The summed E-state index contributed by atoms with van der Waals surface area (Å²) in [6.07, 6.45) is 2.11. The van der Waals surface area contributed by atoms with Gasteiger partial charge in [-0.2, -0.15) is 0 Å². The molecular weight excluding hydrogens is 204 g/mol. The normalized spacial score (nSPS) is 14.9. The second-order valence-corrected chi connectivity index (χ2v) is 4.11. The first-order valence-electron chi connectivity index (χ1n) is 5.65. The molecule has 1 aliphatic heterocycles. The van der Waals surface area contributed by atoms with Gasteiger partial charge in [-0.3, -0.25) is 0 Å². The third-order valence-corrected chi connectivity index (χ3v) is 2.54. The van der Waals surface area contributed by atoms with Gasteiger partial charge < -0.3 is 20.5 Å². The minimum absolute atomic E-state index is 0.276. The van der Waals surface area contributed by atoms with Crippen molar-refractivity contribution in [2.24, 2.45) is 5.73 Å². The lowest BCUT2D eigenvalue weighted by Gasteiger charge is -2.08. The smallest absolute Gasteiger partial charge is 0.231 e. The molecule has 0 aliphatic carbocycles. The number of fused-ring (bicyclic) bond motifs is 1. The highest BCUT2D eigenvalue weighted by Crippen LogP contribution is 2.34. The fraction of sp³-hybridized carbons (Fsp3) is 0.500. The quantitative estimate of drug-likeness (QED) is 0.748. The maximum Gasteiger partial charge on any atom is 0.231 e. The average molecular weight is 222 g/mol. The van der Waals surface area contributed by atoms with Gasteiger partial charge in [-0.25, -0.2) is 0 Å². The van der Waals surface area contributed by atoms with Crippen molar-refractivity contribution in [1.29, 1.82) is 0 Å². The van der Waals surface area contributed by atoms with Crippen LogP contribution in [0.3, 0.4) is 0 Å². The molecule has 0 fully saturated rings. The molecule has 0 spiro atoms. The minimum Gasteiger partial charge on any atom is -0.454 e. The number of hydrogen-bond acceptors (Lipinski definition) is 4. The molecule has 1 atom stereocenters. The molecule has 1 aromatic carbocycles. The van der Waals surface area contributed by atoms with Gasteiger partial charge in [0.05, 0.1) is 0 Å². The summed E-state index contributed by atoms with van der Waals surface area (Å²) in [6, 6.07) is 6.17. The van der Waals surface area contributed by atoms with E-state index in [1.165, 1.54) is 0 Å². The third-order valence-electron chi connectivity index (χ3n) is 2.54. The van der Waals surface area contributed by atoms with Crippen LogP contribution in [0.5, 0.6) is 11.5 Å². The van der Waals surface area contributed by atoms with Crippen molar-refractivity contribution in [3.05, 3.63) is 18.2 Å². The van der Waals surface area contributed by atoms with E-state index in [1.807, 2.05) is 25.1 Å². The Morgan fingerprint density at radius 2 is 2.19 bits per heavy atom. The van der Waals surface area contributed by atoms with Crippen molar-refractivity contribution in [2.45, 2.75) is 25.8 Å². The zero-order valence-corrected chi connectivity index (χ0v) is 9.53. The van der Waals surface area contributed by atoms with E-state index in [0.717, 1.165) is 36.6 Å². The lowest BCUT2D eigenvalue weighted by Crippen LogP contribution is -2.16. The molecule has 0 amide bonds. The highest BCUT2D eigenvalue weighted by molar-refractivity contribution is 5.55. The van der Waals surface area contributed by atoms with Crippen molar-refractivity contribution in [3.8, 4) is 11.5 Å². The van der Waals surface area contributed by atoms with Crippen LogP contribution in [0.4, 0.5) is 5.69 Å². The van der Waals surface area contributed by atoms with Gasteiger partial charge in [-0.15, -0.1) is 0 Å². The van der Waals surface area contributed by atoms with Crippen LogP contribution in [0.15, 0.2) is 18.2 Å². The van der Waals surface area contributed by atoms with Crippen LogP contribution in [0.25, 0.3) is 0 Å². The molecule has 2 rings (SSSR count). The van der Waals surface area contributed by atoms with Gasteiger partial charge in [0.2, 0.25) is 6.79 Å². The van der Waals surface area contributed by atoms with Crippen LogP contribution in [0, 0.1) is 0 Å². The summed E-state index contributed by atoms with van der Waals surface area (Å²) in [5.74, 6) is 1.64. The molecule has 1 heterocycles. The highest BCUT2D eigenvalue weighted by Gasteiger charge is 2.12. The summed E-state index contributed by atoms with van der Waals surface area (Å²) < 4.78 is 10.5. The molecule has 4 heteroatoms. The predicted molar refractivity (Wildman–Crippen MR) is 63.9 cm³/mol. The Morgan fingerprint density at radius 1 is 1.38 bits per heavy atom. The molecule has 0 radical (unpaired) electrons. The van der Waals surface area contributed by atoms with Crippen LogP contribution >= 0.6 is 0 Å². The van der Waals surface area contributed by atoms with Crippen molar-refractivity contribution >= 4 is 5.69 Å². The summed E-state index contributed by atoms with van der Waals surface area (Å²) in [5.41, 5.74) is 6.75. The zero-order valence-electron chi connectivity index (χ0n) is 9.53. The molecule has 0 aromatic heterocycles. The van der Waals surface area contributed by atoms with Crippen molar-refractivity contribution < 1.29 is 9.47 Å². The highest BCUT2D eigenvalue weighted by atomic mass is 16.7. The van der Waals surface area contributed by atoms with E-state index >= 15 is 0 Å². The molecule has 88 valence electrons. The Bertz CT molecular complexity index is 353. The summed E-state index contributed by atoms with van der Waals surface area (Å²) in [6.45, 7) is 3.28. The Morgan fingerprint density at radius 3 is 3.00 bits per heavy atom. The lowest BCUT2D eigenvalue weighted by molar-refractivity contribution is 0.174. The van der Waals surface area contributed by atoms with E-state index in [0.29, 0.717) is 6.79 Å². The zero-order chi connectivity index (χ0) is 11.4. The van der Waals surface area contributed by atoms with Gasteiger partial charge >= 0.3 is 0 Å². The first-order valence-corrected chi connectivity index (χ1v) is 5.65. The predicted octanol–water partition coefficient (Wildman–Crippen LogP) is 1.95. The van der Waals surface area contributed by atoms with Crippen LogP contribution < -0.4 is 20.5 Å². The molecule has 0 bridgehead atoms. The lowest BCUT2D eigenvalue weighted by atomic mass is 10.2. The first kappa shape index (κ1) is 11.1. The van der Waals surface area contributed by atoms with Crippen molar-refractivity contribution in [2.75, 3.05) is 18.7 Å². The average Bonchev–Trinajstić information content (AvgIpc) is 2.71. The van der Waals surface area contributed by atoms with Crippen LogP contribution in [0.2, 0.25) is 0 Å². The van der Waals surface area contributed by atoms with Gasteiger partial charge in [-0.05, 0) is 31.9 Å². The summed E-state index contributed by atoms with van der Waals surface area (Å²) >= 11 is 0. The topological polar surface area (TPSA) is 56.5 Å². The van der Waals surface area contributed by atoms with Gasteiger partial charge in [0.15, 0.2) is 11.5 Å². The Balaban J connectivity index is 1.81. The Kier molecular flexibility index (Phi) is 3.51. The van der Waals surface area contributed by atoms with Crippen LogP contribution in [0.1, 0.15) is 19.8 Å². The van der Waals surface area contributed by atoms with E-state index in [4.69, 9.17) is 15.2 Å². The molecule has 3 N–H and O–H groups in total. The summed E-state index contributed by atoms with van der Waals surface area (Å²) in [4.78, 5) is 0. The van der Waals surface area contributed by atoms with E-state index in [9.17, 15) is 0 Å². The number of nitrogens with two attached hydrogens (primary N) is 1. The second kappa shape index (κ2) is 5.07. The van der Waals surface area contributed by atoms with Gasteiger partial charge in [0.25, 0.3) is 0 Å². The van der Waals surface area contributed by atoms with E-state index in [-0.39, 0.29) is 6.04 Å². The standard InChI is InChI=1S/C12H18N2O2/c1-9(13)3-2-6-14-10-4-5-11-12(7-10)16-8-15-11/h4-5,7,9,14H,2-3,6,8,13H2,1H3. The van der Waals surface area contributed by atoms with Gasteiger partial charge in [0.1, 0.15) is 0 Å². The van der Waals surface area contributed by atoms with E-state index < -0.39 is 0 Å². The fourth-order valence-electron chi connectivity index (χ4n) is 1.66. The molecule has 0 saturated heterocycles. The molecule has 0 saturated carbocycles. The molecule has 16 heavy (non-hydrogen) atoms. The van der Waals surface area contributed by atoms with Crippen LogP contribution in [-0.4, -0.2) is 19.4 Å². The third kappa shape index (κ3) is 2.79. The van der Waals surface area contributed by atoms with E-state index in [2.05, 4.69) is 5.32 Å². The maximum absolute atomic E-state index is 5.68. The molecule has 4 nitrogen and oxygen atoms in total. The minimum atomic E-state index is 0.276. The molecule has 1 aliphatic rings. The monoisotopic (exact) mass is 222 g/mol. The first-order chi connectivity index (χ1) is 7.75. The molecule has 1 unspecified atom stereocenters. The second-order valence-electron chi connectivity index (χ2n) is 4.11. The fourth-order valence-corrected chi connectivity index (χ4v) is 1.66. The summed E-state index contributed by atoms with van der Waals surface area (Å²) in [7, 11) is 0. The number of ether oxygens (including phenoxy) is 2. The van der Waals surface area contributed by atoms with Gasteiger partial charge in [0, 0.05) is 24.3 Å². The largest absolute Gasteiger partial charge is 0.454 e. The number of hydrogen-bond donors (Lipinski definition) is 2. The van der Waals surface area contributed by atoms with E-state index in [1.54, 1.807) is 0 Å². The van der Waals surface area contributed by atoms with Crippen molar-refractivity contribution in [1.82, 2.24) is 0 Å². The maximum atomic E-state index is 5.68. The number of rotatable bonds is 5. The van der Waals surface area contributed by atoms with Gasteiger partial charge in [-0.1, -0.05) is 0 Å². The SMILES string of the molecule is CC(N)CCCNc1ccc2c(c1)OCO2. The Labute approximate surface area is 95.7 Å². The number of nitrogens with one attached hydrogen (secondary N) is 1.